The molecule has 0 fully saturated rings. The molecule has 3 aromatic rings. The molecule has 2 aromatic heterocycles. The second kappa shape index (κ2) is 20.7. The molecule has 0 aliphatic carbocycles. The van der Waals surface area contributed by atoms with E-state index in [1.54, 1.807) is 20.8 Å². The molecule has 0 saturated carbocycles. The summed E-state index contributed by atoms with van der Waals surface area (Å²) in [6, 6.07) is 7.73. The molecule has 0 aliphatic rings. The van der Waals surface area contributed by atoms with Crippen LogP contribution in [0.25, 0.3) is 21.9 Å². The van der Waals surface area contributed by atoms with E-state index < -0.39 is 5.60 Å². The van der Waals surface area contributed by atoms with Crippen LogP contribution in [0.15, 0.2) is 24.3 Å². The van der Waals surface area contributed by atoms with Crippen LogP contribution in [0.1, 0.15) is 100 Å². The van der Waals surface area contributed by atoms with Crippen molar-refractivity contribution in [2.45, 2.75) is 113 Å². The number of hydrogen-bond acceptors (Lipinski definition) is 7. The highest BCUT2D eigenvalue weighted by atomic mass is 16.5. The number of ether oxygens (including phenoxy) is 1. The molecule has 5 N–H and O–H groups in total. The number of primary amides is 1. The summed E-state index contributed by atoms with van der Waals surface area (Å²) < 4.78 is 7.55. The quantitative estimate of drug-likeness (QED) is 0.215. The summed E-state index contributed by atoms with van der Waals surface area (Å²) in [7, 11) is 0. The molecule has 1 aromatic carbocycles. The van der Waals surface area contributed by atoms with Gasteiger partial charge in [0, 0.05) is 31.4 Å². The number of nitrogens with two attached hydrogens (primary N) is 1. The van der Waals surface area contributed by atoms with Gasteiger partial charge in [-0.2, -0.15) is 0 Å². The van der Waals surface area contributed by atoms with E-state index >= 15 is 0 Å². The third kappa shape index (κ3) is 14.7. The maximum absolute atomic E-state index is 12.0. The maximum Gasteiger partial charge on any atom is 0.225 e. The number of nitrogens with one attached hydrogen (secondary N) is 1. The van der Waals surface area contributed by atoms with Crippen molar-refractivity contribution in [1.82, 2.24) is 14.5 Å². The number of anilines is 1. The summed E-state index contributed by atoms with van der Waals surface area (Å²) in [4.78, 5) is 31.4. The minimum atomic E-state index is -0.939. The topological polar surface area (TPSA) is 153 Å². The molecule has 0 saturated heterocycles. The van der Waals surface area contributed by atoms with Gasteiger partial charge >= 0.3 is 0 Å². The van der Waals surface area contributed by atoms with Crippen molar-refractivity contribution in [1.29, 1.82) is 0 Å². The Hall–Kier alpha value is -3.08. The molecule has 0 atom stereocenters. The average molecular weight is 590 g/mol. The summed E-state index contributed by atoms with van der Waals surface area (Å²) in [5, 5.41) is 22.3. The number of para-hydroxylation sites is 1. The van der Waals surface area contributed by atoms with E-state index in [-0.39, 0.29) is 11.8 Å². The number of hydrogen-bond donors (Lipinski definition) is 4. The van der Waals surface area contributed by atoms with Crippen LogP contribution in [-0.4, -0.2) is 55.4 Å². The number of aliphatic hydroxyl groups is 2. The molecule has 10 heteroatoms. The molecule has 42 heavy (non-hydrogen) atoms. The molecule has 2 amide bonds. The minimum absolute atomic E-state index is 0.123. The second-order valence-corrected chi connectivity index (χ2v) is 11.0. The van der Waals surface area contributed by atoms with Crippen molar-refractivity contribution in [3.8, 4) is 0 Å². The van der Waals surface area contributed by atoms with Crippen LogP contribution in [0.3, 0.4) is 0 Å². The fourth-order valence-corrected chi connectivity index (χ4v) is 3.61. The van der Waals surface area contributed by atoms with E-state index in [9.17, 15) is 14.7 Å². The van der Waals surface area contributed by atoms with Gasteiger partial charge in [0.1, 0.15) is 17.9 Å². The van der Waals surface area contributed by atoms with Gasteiger partial charge in [0.25, 0.3) is 0 Å². The number of unbranched alkanes of at least 4 members (excludes halogenated alkanes) is 1. The lowest BCUT2D eigenvalue weighted by Gasteiger charge is -2.20. The number of imidazole rings is 1. The Bertz CT molecular complexity index is 1200. The van der Waals surface area contributed by atoms with Crippen LogP contribution < -0.4 is 11.1 Å². The molecule has 238 valence electrons. The fraction of sp³-hybridized carbons (Fsp3) is 0.625. The van der Waals surface area contributed by atoms with Gasteiger partial charge < -0.3 is 30.6 Å². The lowest BCUT2D eigenvalue weighted by Crippen LogP contribution is -2.27. The highest BCUT2D eigenvalue weighted by Gasteiger charge is 2.23. The van der Waals surface area contributed by atoms with Crippen LogP contribution in [0.4, 0.5) is 5.82 Å². The molecule has 10 nitrogen and oxygen atoms in total. The van der Waals surface area contributed by atoms with Gasteiger partial charge in [-0.15, -0.1) is 0 Å². The molecule has 0 aliphatic heterocycles. The number of amides is 2. The first-order valence-corrected chi connectivity index (χ1v) is 15.1. The zero-order chi connectivity index (χ0) is 32.3. The van der Waals surface area contributed by atoms with Crippen LogP contribution >= 0.6 is 0 Å². The van der Waals surface area contributed by atoms with E-state index in [2.05, 4.69) is 31.1 Å². The highest BCUT2D eigenvalue weighted by Crippen LogP contribution is 2.31. The van der Waals surface area contributed by atoms with Crippen molar-refractivity contribution < 1.29 is 24.5 Å². The summed E-state index contributed by atoms with van der Waals surface area (Å²) in [6.45, 7) is 19.0. The van der Waals surface area contributed by atoms with Crippen molar-refractivity contribution in [3.05, 3.63) is 30.1 Å². The van der Waals surface area contributed by atoms with Gasteiger partial charge in [0.05, 0.1) is 23.2 Å². The summed E-state index contributed by atoms with van der Waals surface area (Å²) in [6.07, 6.45) is 4.14. The Balaban J connectivity index is 0.000000928. The highest BCUT2D eigenvalue weighted by molar-refractivity contribution is 6.09. The average Bonchev–Trinajstić information content (AvgIpc) is 3.25. The number of nitrogens with zero attached hydrogens (tertiary/aromatic N) is 3. The Morgan fingerprint density at radius 1 is 1.10 bits per heavy atom. The molecule has 0 unspecified atom stereocenters. The standard InChI is InChI=1S/C20H26N4O3.C5H11NO.C4H10O.C3H8/c1-5-16(25)23-19-17-18(13-9-7-8-10-14(13)21-19)24(12-20(3,4)26)15(22-17)11-27-6-2;1-4(2)3-5(6)7;1-2-3-4-5;1-3-2/h7-10,26H,5-6,11-12H2,1-4H3,(H,21,23,25);4H,3H2,1-2H3,(H2,6,7);5H,2-4H2,1H3;3H2,1-2H3. The van der Waals surface area contributed by atoms with Crippen LogP contribution in [0.5, 0.6) is 0 Å². The predicted octanol–water partition coefficient (Wildman–Crippen LogP) is 5.95. The van der Waals surface area contributed by atoms with Crippen LogP contribution in [-0.2, 0) is 27.5 Å². The molecule has 2 heterocycles. The van der Waals surface area contributed by atoms with Gasteiger partial charge in [-0.1, -0.05) is 72.6 Å². The minimum Gasteiger partial charge on any atom is -0.396 e. The van der Waals surface area contributed by atoms with E-state index in [0.29, 0.717) is 62.3 Å². The molecule has 0 spiro atoms. The molecular weight excluding hydrogens is 534 g/mol. The Morgan fingerprint density at radius 2 is 1.71 bits per heavy atom. The number of benzene rings is 1. The lowest BCUT2D eigenvalue weighted by atomic mass is 10.1. The normalized spacial score (nSPS) is 10.8. The van der Waals surface area contributed by atoms with Gasteiger partial charge in [-0.3, -0.25) is 9.59 Å². The summed E-state index contributed by atoms with van der Waals surface area (Å²) in [5.74, 6) is 1.19. The van der Waals surface area contributed by atoms with E-state index in [0.717, 1.165) is 29.3 Å². The number of rotatable bonds is 11. The van der Waals surface area contributed by atoms with E-state index in [1.165, 1.54) is 6.42 Å². The number of fused-ring (bicyclic) bond motifs is 3. The SMILES string of the molecule is CC(C)CC(N)=O.CCC.CCCCO.CCOCc1nc2c(NC(=O)CC)nc3ccccc3c2n1CC(C)(C)O. The summed E-state index contributed by atoms with van der Waals surface area (Å²) >= 11 is 0. The van der Waals surface area contributed by atoms with Gasteiger partial charge in [0.15, 0.2) is 5.82 Å². The zero-order valence-electron chi connectivity index (χ0n) is 27.3. The molecule has 3 rings (SSSR count). The van der Waals surface area contributed by atoms with Gasteiger partial charge in [0.2, 0.25) is 11.8 Å². The number of carbonyl (C=O) groups excluding carboxylic acids is 2. The Labute approximate surface area is 252 Å². The maximum atomic E-state index is 12.0. The van der Waals surface area contributed by atoms with Crippen LogP contribution in [0.2, 0.25) is 0 Å². The smallest absolute Gasteiger partial charge is 0.225 e. The van der Waals surface area contributed by atoms with E-state index in [4.69, 9.17) is 20.6 Å². The number of carbonyl (C=O) groups is 2. The largest absolute Gasteiger partial charge is 0.396 e. The third-order valence-electron chi connectivity index (χ3n) is 5.34. The third-order valence-corrected chi connectivity index (χ3v) is 5.34. The number of pyridine rings is 1. The number of aromatic nitrogens is 3. The van der Waals surface area contributed by atoms with Gasteiger partial charge in [-0.05, 0) is 39.2 Å². The van der Waals surface area contributed by atoms with Crippen molar-refractivity contribution >= 4 is 39.6 Å². The van der Waals surface area contributed by atoms with Gasteiger partial charge in [-0.25, -0.2) is 9.97 Å². The monoisotopic (exact) mass is 589 g/mol. The molecular formula is C32H55N5O5. The first kappa shape index (κ1) is 38.9. The zero-order valence-corrected chi connectivity index (χ0v) is 27.3. The Kier molecular flexibility index (Phi) is 19.2. The van der Waals surface area contributed by atoms with Crippen LogP contribution in [0, 0.1) is 5.92 Å². The first-order valence-electron chi connectivity index (χ1n) is 15.1. The second-order valence-electron chi connectivity index (χ2n) is 11.0. The van der Waals surface area contributed by atoms with E-state index in [1.807, 2.05) is 49.6 Å². The predicted molar refractivity (Wildman–Crippen MR) is 172 cm³/mol. The van der Waals surface area contributed by atoms with Crippen molar-refractivity contribution in [2.24, 2.45) is 11.7 Å². The molecule has 0 radical (unpaired) electrons. The first-order chi connectivity index (χ1) is 19.8. The number of aliphatic hydroxyl groups excluding tert-OH is 1. The summed E-state index contributed by atoms with van der Waals surface area (Å²) in [5.41, 5.74) is 6.12. The van der Waals surface area contributed by atoms with Crippen molar-refractivity contribution in [2.75, 3.05) is 18.5 Å². The fourth-order valence-electron chi connectivity index (χ4n) is 3.61. The van der Waals surface area contributed by atoms with Crippen molar-refractivity contribution in [3.63, 3.8) is 0 Å². The molecule has 0 bridgehead atoms. The lowest BCUT2D eigenvalue weighted by molar-refractivity contribution is -0.118. The Morgan fingerprint density at radius 3 is 2.14 bits per heavy atom.